The number of nitrogens with zero attached hydrogens (tertiary/aromatic N) is 2. The Kier molecular flexibility index (Phi) is 4.72. The van der Waals surface area contributed by atoms with E-state index in [1.807, 2.05) is 0 Å². The van der Waals surface area contributed by atoms with Crippen molar-refractivity contribution in [3.8, 4) is 0 Å². The monoisotopic (exact) mass is 279 g/mol. The van der Waals surface area contributed by atoms with Crippen LogP contribution in [0.4, 0.5) is 5.13 Å². The summed E-state index contributed by atoms with van der Waals surface area (Å²) >= 11 is 2.91. The maximum absolute atomic E-state index is 11.6. The molecule has 1 amide bonds. The maximum Gasteiger partial charge on any atom is 0.236 e. The maximum atomic E-state index is 11.6. The van der Waals surface area contributed by atoms with Crippen LogP contribution in [0.3, 0.4) is 0 Å². The van der Waals surface area contributed by atoms with Crippen molar-refractivity contribution in [3.63, 3.8) is 0 Å². The first kappa shape index (κ1) is 13.0. The number of anilines is 1. The lowest BCUT2D eigenvalue weighted by Crippen LogP contribution is -2.13. The van der Waals surface area contributed by atoms with Gasteiger partial charge in [-0.3, -0.25) is 10.1 Å². The predicted octanol–water partition coefficient (Wildman–Crippen LogP) is 2.72. The average Bonchev–Trinajstić information content (AvgIpc) is 2.84. The van der Waals surface area contributed by atoms with E-state index in [4.69, 9.17) is 0 Å². The SMILES string of the molecule is Cc1ccc(CSCC(=O)Nc2nncs2)cc1. The van der Waals surface area contributed by atoms with E-state index < -0.39 is 0 Å². The minimum atomic E-state index is -0.0381. The number of amides is 1. The fourth-order valence-corrected chi connectivity index (χ4v) is 2.58. The molecule has 1 aromatic heterocycles. The van der Waals surface area contributed by atoms with E-state index in [1.54, 1.807) is 17.3 Å². The van der Waals surface area contributed by atoms with Crippen molar-refractivity contribution < 1.29 is 4.79 Å². The summed E-state index contributed by atoms with van der Waals surface area (Å²) in [6.07, 6.45) is 0. The molecule has 0 fully saturated rings. The number of carbonyl (C=O) groups excluding carboxylic acids is 1. The van der Waals surface area contributed by atoms with Gasteiger partial charge in [0, 0.05) is 5.75 Å². The van der Waals surface area contributed by atoms with Gasteiger partial charge < -0.3 is 0 Å². The second-order valence-electron chi connectivity index (χ2n) is 3.77. The summed E-state index contributed by atoms with van der Waals surface area (Å²) in [5, 5.41) is 10.7. The normalized spacial score (nSPS) is 10.3. The van der Waals surface area contributed by atoms with Crippen molar-refractivity contribution in [3.05, 3.63) is 40.9 Å². The van der Waals surface area contributed by atoms with Crippen LogP contribution in [0.1, 0.15) is 11.1 Å². The topological polar surface area (TPSA) is 54.9 Å². The van der Waals surface area contributed by atoms with E-state index in [9.17, 15) is 4.79 Å². The number of hydrogen-bond donors (Lipinski definition) is 1. The summed E-state index contributed by atoms with van der Waals surface area (Å²) in [5.41, 5.74) is 4.07. The van der Waals surface area contributed by atoms with Crippen LogP contribution in [0.15, 0.2) is 29.8 Å². The Balaban J connectivity index is 1.72. The van der Waals surface area contributed by atoms with Gasteiger partial charge in [0.05, 0.1) is 5.75 Å². The Labute approximate surface area is 114 Å². The first-order chi connectivity index (χ1) is 8.74. The van der Waals surface area contributed by atoms with Crippen molar-refractivity contribution in [2.24, 2.45) is 0 Å². The van der Waals surface area contributed by atoms with Crippen LogP contribution in [-0.2, 0) is 10.5 Å². The zero-order chi connectivity index (χ0) is 12.8. The lowest BCUT2D eigenvalue weighted by molar-refractivity contribution is -0.113. The van der Waals surface area contributed by atoms with Crippen LogP contribution in [0.5, 0.6) is 0 Å². The van der Waals surface area contributed by atoms with E-state index in [-0.39, 0.29) is 5.91 Å². The summed E-state index contributed by atoms with van der Waals surface area (Å²) in [7, 11) is 0. The van der Waals surface area contributed by atoms with Crippen LogP contribution in [0.2, 0.25) is 0 Å². The van der Waals surface area contributed by atoms with Crippen molar-refractivity contribution >= 4 is 34.1 Å². The summed E-state index contributed by atoms with van der Waals surface area (Å²) in [4.78, 5) is 11.6. The molecule has 6 heteroatoms. The number of hydrogen-bond acceptors (Lipinski definition) is 5. The Morgan fingerprint density at radius 3 is 2.83 bits per heavy atom. The third-order valence-electron chi connectivity index (χ3n) is 2.23. The molecule has 0 saturated heterocycles. The Hall–Kier alpha value is -1.40. The molecule has 0 aliphatic carbocycles. The van der Waals surface area contributed by atoms with Crippen LogP contribution >= 0.6 is 23.1 Å². The summed E-state index contributed by atoms with van der Waals surface area (Å²) in [5.74, 6) is 1.22. The predicted molar refractivity (Wildman–Crippen MR) is 75.9 cm³/mol. The van der Waals surface area contributed by atoms with Crippen molar-refractivity contribution in [1.82, 2.24) is 10.2 Å². The average molecular weight is 279 g/mol. The third-order valence-corrected chi connectivity index (χ3v) is 3.84. The largest absolute Gasteiger partial charge is 0.300 e. The van der Waals surface area contributed by atoms with Gasteiger partial charge in [0.15, 0.2) is 0 Å². The lowest BCUT2D eigenvalue weighted by Gasteiger charge is -2.02. The van der Waals surface area contributed by atoms with Gasteiger partial charge in [0.1, 0.15) is 5.51 Å². The number of nitrogens with one attached hydrogen (secondary N) is 1. The van der Waals surface area contributed by atoms with Crippen molar-refractivity contribution in [2.75, 3.05) is 11.1 Å². The summed E-state index contributed by atoms with van der Waals surface area (Å²) in [6, 6.07) is 8.34. The van der Waals surface area contributed by atoms with E-state index in [1.165, 1.54) is 22.5 Å². The molecule has 94 valence electrons. The molecule has 0 aliphatic rings. The van der Waals surface area contributed by atoms with Gasteiger partial charge in [0.25, 0.3) is 0 Å². The van der Waals surface area contributed by atoms with Crippen LogP contribution in [0.25, 0.3) is 0 Å². The Morgan fingerprint density at radius 2 is 2.17 bits per heavy atom. The molecular formula is C12H13N3OS2. The molecule has 1 N–H and O–H groups in total. The molecule has 0 spiro atoms. The number of rotatable bonds is 5. The molecule has 2 rings (SSSR count). The highest BCUT2D eigenvalue weighted by Gasteiger charge is 2.04. The van der Waals surface area contributed by atoms with Gasteiger partial charge in [-0.1, -0.05) is 41.2 Å². The number of thioether (sulfide) groups is 1. The molecule has 0 saturated carbocycles. The van der Waals surface area contributed by atoms with Crippen LogP contribution < -0.4 is 5.32 Å². The fourth-order valence-electron chi connectivity index (χ4n) is 1.33. The Morgan fingerprint density at radius 1 is 1.39 bits per heavy atom. The van der Waals surface area contributed by atoms with E-state index >= 15 is 0 Å². The van der Waals surface area contributed by atoms with Gasteiger partial charge in [-0.2, -0.15) is 0 Å². The fraction of sp³-hybridized carbons (Fsp3) is 0.250. The van der Waals surface area contributed by atoms with Crippen molar-refractivity contribution in [2.45, 2.75) is 12.7 Å². The Bertz CT molecular complexity index is 497. The molecule has 0 aliphatic heterocycles. The highest BCUT2D eigenvalue weighted by Crippen LogP contribution is 2.14. The van der Waals surface area contributed by atoms with Gasteiger partial charge in [0.2, 0.25) is 11.0 Å². The minimum Gasteiger partial charge on any atom is -0.300 e. The number of benzene rings is 1. The molecule has 0 atom stereocenters. The number of carbonyl (C=O) groups is 1. The van der Waals surface area contributed by atoms with Gasteiger partial charge in [-0.05, 0) is 12.5 Å². The molecule has 1 heterocycles. The molecule has 0 radical (unpaired) electrons. The van der Waals surface area contributed by atoms with E-state index in [0.29, 0.717) is 10.9 Å². The van der Waals surface area contributed by atoms with Gasteiger partial charge >= 0.3 is 0 Å². The molecular weight excluding hydrogens is 266 g/mol. The molecule has 18 heavy (non-hydrogen) atoms. The molecule has 2 aromatic rings. The number of aryl methyl sites for hydroxylation is 1. The highest BCUT2D eigenvalue weighted by molar-refractivity contribution is 7.99. The standard InChI is InChI=1S/C12H13N3OS2/c1-9-2-4-10(5-3-9)6-17-7-11(16)14-12-15-13-8-18-12/h2-5,8H,6-7H2,1H3,(H,14,15,16). The molecule has 4 nitrogen and oxygen atoms in total. The van der Waals surface area contributed by atoms with Crippen LogP contribution in [0, 0.1) is 6.92 Å². The van der Waals surface area contributed by atoms with Crippen molar-refractivity contribution in [1.29, 1.82) is 0 Å². The zero-order valence-corrected chi connectivity index (χ0v) is 11.6. The first-order valence-electron chi connectivity index (χ1n) is 5.43. The molecule has 1 aromatic carbocycles. The van der Waals surface area contributed by atoms with Gasteiger partial charge in [-0.25, -0.2) is 0 Å². The van der Waals surface area contributed by atoms with Gasteiger partial charge in [-0.15, -0.1) is 22.0 Å². The lowest BCUT2D eigenvalue weighted by atomic mass is 10.2. The minimum absolute atomic E-state index is 0.0381. The third kappa shape index (κ3) is 4.12. The smallest absolute Gasteiger partial charge is 0.236 e. The molecule has 0 bridgehead atoms. The first-order valence-corrected chi connectivity index (χ1v) is 7.47. The zero-order valence-electron chi connectivity index (χ0n) is 9.92. The summed E-state index contributed by atoms with van der Waals surface area (Å²) < 4.78 is 0. The highest BCUT2D eigenvalue weighted by atomic mass is 32.2. The number of aromatic nitrogens is 2. The van der Waals surface area contributed by atoms with E-state index in [2.05, 4.69) is 46.7 Å². The quantitative estimate of drug-likeness (QED) is 0.914. The summed E-state index contributed by atoms with van der Waals surface area (Å²) in [6.45, 7) is 2.06. The second-order valence-corrected chi connectivity index (χ2v) is 5.59. The van der Waals surface area contributed by atoms with E-state index in [0.717, 1.165) is 5.75 Å². The second kappa shape index (κ2) is 6.51. The molecule has 0 unspecified atom stereocenters. The van der Waals surface area contributed by atoms with Crippen LogP contribution in [-0.4, -0.2) is 21.9 Å².